The molecule has 184 valence electrons. The highest BCUT2D eigenvalue weighted by atomic mass is 32.2. The first-order valence-electron chi connectivity index (χ1n) is 12.7. The van der Waals surface area contributed by atoms with Gasteiger partial charge in [0.05, 0.1) is 18.3 Å². The van der Waals surface area contributed by atoms with E-state index in [4.69, 9.17) is 4.42 Å². The van der Waals surface area contributed by atoms with Crippen LogP contribution in [0.25, 0.3) is 11.1 Å². The van der Waals surface area contributed by atoms with Crippen LogP contribution in [0.15, 0.2) is 22.8 Å². The topological polar surface area (TPSA) is 67.5 Å². The number of hydrogen-bond donors (Lipinski definition) is 1. The van der Waals surface area contributed by atoms with E-state index in [1.165, 1.54) is 0 Å². The molecule has 0 radical (unpaired) electrons. The minimum absolute atomic E-state index is 0.0300. The van der Waals surface area contributed by atoms with Gasteiger partial charge in [0.1, 0.15) is 11.2 Å². The minimum atomic E-state index is -0.911. The van der Waals surface area contributed by atoms with Crippen molar-refractivity contribution in [3.05, 3.63) is 24.1 Å². The summed E-state index contributed by atoms with van der Waals surface area (Å²) in [5.41, 5.74) is 1.29. The smallest absolute Gasteiger partial charge is 0.271 e. The predicted octanol–water partition coefficient (Wildman–Crippen LogP) is 5.70. The zero-order valence-corrected chi connectivity index (χ0v) is 21.8. The third-order valence-corrected chi connectivity index (χ3v) is 8.18. The number of fused-ring (bicyclic) bond motifs is 3. The molecule has 1 N–H and O–H groups in total. The van der Waals surface area contributed by atoms with Gasteiger partial charge in [-0.3, -0.25) is 9.59 Å². The van der Waals surface area contributed by atoms with E-state index in [-0.39, 0.29) is 17.9 Å². The summed E-state index contributed by atoms with van der Waals surface area (Å²) < 4.78 is 7.51. The van der Waals surface area contributed by atoms with Gasteiger partial charge in [0.25, 0.3) is 5.91 Å². The van der Waals surface area contributed by atoms with E-state index < -0.39 is 5.54 Å². The third kappa shape index (κ3) is 5.44. The van der Waals surface area contributed by atoms with E-state index >= 15 is 0 Å². The monoisotopic (exact) mass is 475 g/mol. The second kappa shape index (κ2) is 11.5. The van der Waals surface area contributed by atoms with Gasteiger partial charge in [-0.25, -0.2) is 0 Å². The zero-order chi connectivity index (χ0) is 24.0. The predicted molar refractivity (Wildman–Crippen MR) is 137 cm³/mol. The minimum Gasteiger partial charge on any atom is -0.463 e. The number of furan rings is 1. The molecule has 33 heavy (non-hydrogen) atoms. The van der Waals surface area contributed by atoms with Crippen LogP contribution in [0.4, 0.5) is 0 Å². The Morgan fingerprint density at radius 3 is 2.67 bits per heavy atom. The summed E-state index contributed by atoms with van der Waals surface area (Å²) in [5, 5.41) is 3.30. The molecule has 0 spiro atoms. The van der Waals surface area contributed by atoms with E-state index in [9.17, 15) is 9.59 Å². The molecular weight excluding hydrogens is 434 g/mol. The van der Waals surface area contributed by atoms with Crippen molar-refractivity contribution in [3.63, 3.8) is 0 Å². The molecule has 1 aliphatic heterocycles. The Labute approximate surface area is 202 Å². The van der Waals surface area contributed by atoms with E-state index in [1.54, 1.807) is 6.26 Å². The average molecular weight is 476 g/mol. The number of thioether (sulfide) groups is 1. The SMILES string of the molecule is CC.CCCSCCCN1C(=O)c2cc3occc3n2CC1(C)C(=O)NC1CCC(C)CC1. The van der Waals surface area contributed by atoms with E-state index in [0.717, 1.165) is 61.5 Å². The molecule has 1 fully saturated rings. The Balaban J connectivity index is 0.00000149. The summed E-state index contributed by atoms with van der Waals surface area (Å²) in [6.45, 7) is 11.4. The number of carbonyl (C=O) groups is 2. The van der Waals surface area contributed by atoms with Crippen molar-refractivity contribution in [3.8, 4) is 0 Å². The van der Waals surface area contributed by atoms with Crippen LogP contribution in [0, 0.1) is 5.92 Å². The maximum Gasteiger partial charge on any atom is 0.271 e. The molecule has 6 nitrogen and oxygen atoms in total. The molecule has 1 saturated carbocycles. The molecular formula is C26H41N3O3S. The Morgan fingerprint density at radius 2 is 1.97 bits per heavy atom. The number of aromatic nitrogens is 1. The van der Waals surface area contributed by atoms with Crippen LogP contribution in [-0.4, -0.2) is 50.9 Å². The van der Waals surface area contributed by atoms with E-state index in [2.05, 4.69) is 19.2 Å². The lowest BCUT2D eigenvalue weighted by Gasteiger charge is -2.45. The Kier molecular flexibility index (Phi) is 8.96. The van der Waals surface area contributed by atoms with Crippen molar-refractivity contribution in [2.45, 2.75) is 91.3 Å². The van der Waals surface area contributed by atoms with Gasteiger partial charge in [-0.2, -0.15) is 11.8 Å². The number of nitrogens with zero attached hydrogens (tertiary/aromatic N) is 2. The fourth-order valence-electron chi connectivity index (χ4n) is 4.94. The molecule has 2 aliphatic rings. The number of amides is 2. The summed E-state index contributed by atoms with van der Waals surface area (Å²) in [4.78, 5) is 29.0. The lowest BCUT2D eigenvalue weighted by Crippen LogP contribution is -2.65. The Bertz CT molecular complexity index is 929. The van der Waals surface area contributed by atoms with Crippen molar-refractivity contribution >= 4 is 34.7 Å². The zero-order valence-electron chi connectivity index (χ0n) is 21.0. The van der Waals surface area contributed by atoms with Gasteiger partial charge in [-0.15, -0.1) is 0 Å². The van der Waals surface area contributed by atoms with E-state index in [0.29, 0.717) is 24.4 Å². The summed E-state index contributed by atoms with van der Waals surface area (Å²) in [7, 11) is 0. The summed E-state index contributed by atoms with van der Waals surface area (Å²) in [5.74, 6) is 2.75. The molecule has 0 aromatic carbocycles. The van der Waals surface area contributed by atoms with Crippen LogP contribution >= 0.6 is 11.8 Å². The Hall–Kier alpha value is -1.89. The first kappa shape index (κ1) is 25.7. The number of rotatable bonds is 8. The van der Waals surface area contributed by atoms with Gasteiger partial charge < -0.3 is 19.2 Å². The fourth-order valence-corrected chi connectivity index (χ4v) is 5.77. The summed E-state index contributed by atoms with van der Waals surface area (Å²) in [6.07, 6.45) is 8.01. The highest BCUT2D eigenvalue weighted by Gasteiger charge is 2.48. The highest BCUT2D eigenvalue weighted by molar-refractivity contribution is 7.99. The average Bonchev–Trinajstić information content (AvgIpc) is 3.41. The third-order valence-electron chi connectivity index (χ3n) is 6.91. The normalized spacial score (nSPS) is 24.9. The van der Waals surface area contributed by atoms with Gasteiger partial charge in [0.15, 0.2) is 5.58 Å². The van der Waals surface area contributed by atoms with Crippen LogP contribution in [-0.2, 0) is 11.3 Å². The van der Waals surface area contributed by atoms with Crippen molar-refractivity contribution in [1.82, 2.24) is 14.8 Å². The van der Waals surface area contributed by atoms with Gasteiger partial charge in [0.2, 0.25) is 5.91 Å². The largest absolute Gasteiger partial charge is 0.463 e. The van der Waals surface area contributed by atoms with Crippen LogP contribution in [0.1, 0.15) is 83.6 Å². The molecule has 2 aromatic heterocycles. The quantitative estimate of drug-likeness (QED) is 0.497. The van der Waals surface area contributed by atoms with Gasteiger partial charge in [0, 0.05) is 24.7 Å². The first-order chi connectivity index (χ1) is 15.9. The van der Waals surface area contributed by atoms with Crippen LogP contribution in [0.2, 0.25) is 0 Å². The number of carbonyl (C=O) groups excluding carboxylic acids is 2. The Morgan fingerprint density at radius 1 is 1.24 bits per heavy atom. The molecule has 1 unspecified atom stereocenters. The summed E-state index contributed by atoms with van der Waals surface area (Å²) >= 11 is 1.91. The molecule has 0 bridgehead atoms. The summed E-state index contributed by atoms with van der Waals surface area (Å²) in [6, 6.07) is 3.90. The maximum absolute atomic E-state index is 13.6. The maximum atomic E-state index is 13.6. The lowest BCUT2D eigenvalue weighted by atomic mass is 9.86. The van der Waals surface area contributed by atoms with Gasteiger partial charge >= 0.3 is 0 Å². The lowest BCUT2D eigenvalue weighted by molar-refractivity contribution is -0.133. The number of nitrogens with one attached hydrogen (secondary N) is 1. The molecule has 2 aromatic rings. The molecule has 3 heterocycles. The van der Waals surface area contributed by atoms with Crippen molar-refractivity contribution < 1.29 is 14.0 Å². The molecule has 2 amide bonds. The molecule has 1 atom stereocenters. The molecule has 4 rings (SSSR count). The van der Waals surface area contributed by atoms with Crippen LogP contribution < -0.4 is 5.32 Å². The van der Waals surface area contributed by atoms with Crippen molar-refractivity contribution in [1.29, 1.82) is 0 Å². The second-order valence-electron chi connectivity index (χ2n) is 9.41. The second-order valence-corrected chi connectivity index (χ2v) is 10.6. The molecule has 7 heteroatoms. The van der Waals surface area contributed by atoms with Crippen LogP contribution in [0.5, 0.6) is 0 Å². The van der Waals surface area contributed by atoms with Crippen molar-refractivity contribution in [2.75, 3.05) is 18.1 Å². The standard InChI is InChI=1S/C24H35N3O3S.C2H6/c1-4-13-31-14-5-11-27-22(28)20-15-21-19(10-12-30-21)26(20)16-24(27,3)23(29)25-18-8-6-17(2)7-9-18;1-2/h10,12,15,17-18H,4-9,11,13-14,16H2,1-3H3,(H,25,29);1-2H3. The van der Waals surface area contributed by atoms with Crippen molar-refractivity contribution in [2.24, 2.45) is 5.92 Å². The van der Waals surface area contributed by atoms with Gasteiger partial charge in [-0.1, -0.05) is 27.7 Å². The molecule has 0 saturated heterocycles. The first-order valence-corrected chi connectivity index (χ1v) is 13.9. The fraction of sp³-hybridized carbons (Fsp3) is 0.692. The number of hydrogen-bond acceptors (Lipinski definition) is 4. The van der Waals surface area contributed by atoms with E-state index in [1.807, 2.05) is 54.1 Å². The highest BCUT2D eigenvalue weighted by Crippen LogP contribution is 2.33. The van der Waals surface area contributed by atoms with Gasteiger partial charge in [-0.05, 0) is 62.9 Å². The molecule has 1 aliphatic carbocycles. The van der Waals surface area contributed by atoms with Crippen LogP contribution in [0.3, 0.4) is 0 Å².